The lowest BCUT2D eigenvalue weighted by Crippen LogP contribution is -2.48. The number of amides is 1. The molecule has 4 atom stereocenters. The van der Waals surface area contributed by atoms with Crippen LogP contribution in [0.3, 0.4) is 0 Å². The second kappa shape index (κ2) is 44.2. The van der Waals surface area contributed by atoms with Gasteiger partial charge in [0.1, 0.15) is 116 Å². The molecule has 764 valence electrons. The first kappa shape index (κ1) is 105. The minimum Gasteiger partial charge on any atom is -0.505 e. The number of ether oxygens (including phenoxy) is 8. The van der Waals surface area contributed by atoms with Crippen molar-refractivity contribution in [1.82, 2.24) is 58.2 Å². The largest absolute Gasteiger partial charge is 0.505 e. The number of hydrogen-bond donors (Lipinski definition) is 4. The van der Waals surface area contributed by atoms with E-state index in [1.165, 1.54) is 76.2 Å². The third kappa shape index (κ3) is 22.9. The summed E-state index contributed by atoms with van der Waals surface area (Å²) in [5.74, 6) is -3.17. The molecule has 18 rings (SSSR count). The van der Waals surface area contributed by atoms with Crippen LogP contribution in [0.2, 0.25) is 0 Å². The summed E-state index contributed by atoms with van der Waals surface area (Å²) in [5, 5.41) is 33.9. The Bertz CT molecular complexity index is 7520. The van der Waals surface area contributed by atoms with Gasteiger partial charge in [-0.05, 0) is 186 Å². The maximum atomic E-state index is 14.1. The molecule has 4 aliphatic heterocycles. The van der Waals surface area contributed by atoms with E-state index in [1.807, 2.05) is 81.8 Å². The standard InChI is InChI=1S/C33H36FN3O5.C27H23FN2O5.C26H30FN3O5.C25H29FN4O4/c1-6-40-32(39)26-30(41-20-22-10-8-7-9-11-22)27-28-29(23(17-35-27)16-21-12-14-24(34)15-13-21)42-25(19-37(28)31(26)38)18-36(5)33(2,3)4;1-16(32)22-26(34-15-18-5-3-2-4-6-18)23-24-25(35-21(14-31)13-30(24)27(22)33)19(12-29-23)11-17-7-9-20(28)10-8-17;1-6-34-25(33)19-22(31)20-21-23(16(12-28-20)11-15-7-9-17(27)10-8-15)35-18(14-30(21)24(19)32)13-29(5)26(2,3)4;1-25(2,3)29(5)12-17-13-30-20-19(21(31)18(24(30)33)23(32)27-4)28-11-15(22(20)34-17)10-14-6-8-16(26)9-7-14/h7-15,17,25H,6,16,18-20H2,1-5H3;2-10,12,21,31H,11,13-15H2,1H3;7-10,12,18,31H,6,11,13-14H2,1-5H3;6-9,11,17,31H,10,12-13H2,1-5H3,(H,27,32)/t25-;21-;18-;17-/m1011/s1. The molecule has 0 unspecified atom stereocenters. The summed E-state index contributed by atoms with van der Waals surface area (Å²) in [5.41, 5.74) is 6.61. The predicted octanol–water partition coefficient (Wildman–Crippen LogP) is 15.2. The Labute approximate surface area is 839 Å². The zero-order chi connectivity index (χ0) is 105. The summed E-state index contributed by atoms with van der Waals surface area (Å²) < 4.78 is 108. The third-order valence-electron chi connectivity index (χ3n) is 26.2. The first-order chi connectivity index (χ1) is 69.5. The Kier molecular flexibility index (Phi) is 31.8. The van der Waals surface area contributed by atoms with Crippen molar-refractivity contribution < 1.29 is 90.0 Å². The molecule has 35 heteroatoms. The lowest BCUT2D eigenvalue weighted by Gasteiger charge is -2.37. The zero-order valence-corrected chi connectivity index (χ0v) is 84.2. The van der Waals surface area contributed by atoms with Gasteiger partial charge in [0.25, 0.3) is 28.1 Å². The quantitative estimate of drug-likeness (QED) is 0.0211. The highest BCUT2D eigenvalue weighted by atomic mass is 19.1. The van der Waals surface area contributed by atoms with Crippen LogP contribution in [0.15, 0.2) is 202 Å². The van der Waals surface area contributed by atoms with Gasteiger partial charge in [0.05, 0.1) is 46.0 Å². The van der Waals surface area contributed by atoms with E-state index in [1.54, 1.807) is 91.7 Å². The average molecular weight is 2000 g/mol. The summed E-state index contributed by atoms with van der Waals surface area (Å²) >= 11 is 0. The molecule has 12 heterocycles. The van der Waals surface area contributed by atoms with Crippen molar-refractivity contribution in [3.63, 3.8) is 0 Å². The number of esters is 2. The molecule has 0 fully saturated rings. The highest BCUT2D eigenvalue weighted by Crippen LogP contribution is 2.45. The fourth-order valence-corrected chi connectivity index (χ4v) is 17.5. The second-order valence-electron chi connectivity index (χ2n) is 39.4. The summed E-state index contributed by atoms with van der Waals surface area (Å²) in [6.45, 7) is 25.8. The fourth-order valence-electron chi connectivity index (χ4n) is 17.5. The first-order valence-corrected chi connectivity index (χ1v) is 48.1. The lowest BCUT2D eigenvalue weighted by molar-refractivity contribution is 0.0507. The topological polar surface area (TPSA) is 364 Å². The molecular formula is C111H118F4N12O19. The number of ketones is 1. The maximum absolute atomic E-state index is 14.1. The number of halogens is 4. The minimum atomic E-state index is -0.894. The number of carbonyl (C=O) groups is 4. The molecule has 0 saturated heterocycles. The number of nitrogens with one attached hydrogen (secondary N) is 1. The fraction of sp³-hybridized carbons (Fsp3) is 0.351. The van der Waals surface area contributed by atoms with Gasteiger partial charge in [-0.25, -0.2) is 27.2 Å². The molecule has 0 bridgehead atoms. The lowest BCUT2D eigenvalue weighted by atomic mass is 10.0. The molecular weight excluding hydrogens is 1880 g/mol. The molecule has 1 amide bonds. The van der Waals surface area contributed by atoms with Crippen LogP contribution in [0.5, 0.6) is 46.0 Å². The Morgan fingerprint density at radius 2 is 0.671 bits per heavy atom. The molecule has 6 aromatic carbocycles. The monoisotopic (exact) mass is 2000 g/mol. The van der Waals surface area contributed by atoms with Crippen molar-refractivity contribution in [1.29, 1.82) is 0 Å². The van der Waals surface area contributed by atoms with Crippen LogP contribution in [0.1, 0.15) is 180 Å². The van der Waals surface area contributed by atoms with Gasteiger partial charge < -0.3 is 58.5 Å². The molecule has 4 N–H and O–H groups in total. The van der Waals surface area contributed by atoms with E-state index < -0.39 is 75.1 Å². The summed E-state index contributed by atoms with van der Waals surface area (Å²) in [6, 6.07) is 43.4. The number of pyridine rings is 8. The average Bonchev–Trinajstić information content (AvgIpc) is 0.608. The number of rotatable bonds is 27. The van der Waals surface area contributed by atoms with Crippen LogP contribution in [0, 0.1) is 23.3 Å². The van der Waals surface area contributed by atoms with Crippen LogP contribution in [0.4, 0.5) is 17.6 Å². The van der Waals surface area contributed by atoms with Crippen molar-refractivity contribution in [2.75, 3.05) is 67.6 Å². The van der Waals surface area contributed by atoms with Crippen molar-refractivity contribution in [3.8, 4) is 46.0 Å². The summed E-state index contributed by atoms with van der Waals surface area (Å²) in [4.78, 5) is 130. The number of benzene rings is 6. The highest BCUT2D eigenvalue weighted by Gasteiger charge is 2.40. The number of carbonyl (C=O) groups excluding carboxylic acids is 4. The van der Waals surface area contributed by atoms with E-state index in [4.69, 9.17) is 42.9 Å². The Hall–Kier alpha value is -15.2. The van der Waals surface area contributed by atoms with E-state index in [9.17, 15) is 71.2 Å². The number of Topliss-reactive ketones (excluding diaryl/α,β-unsaturated/α-hetero) is 1. The van der Waals surface area contributed by atoms with E-state index in [-0.39, 0.29) is 151 Å². The van der Waals surface area contributed by atoms with Gasteiger partial charge in [-0.1, -0.05) is 109 Å². The van der Waals surface area contributed by atoms with Crippen molar-refractivity contribution in [3.05, 3.63) is 325 Å². The number of aromatic nitrogens is 8. The summed E-state index contributed by atoms with van der Waals surface area (Å²) in [6.07, 6.45) is 6.13. The second-order valence-corrected chi connectivity index (χ2v) is 39.4. The van der Waals surface area contributed by atoms with Gasteiger partial charge in [-0.15, -0.1) is 0 Å². The van der Waals surface area contributed by atoms with Gasteiger partial charge in [0.2, 0.25) is 0 Å². The van der Waals surface area contributed by atoms with Crippen molar-refractivity contribution in [2.45, 2.75) is 189 Å². The molecule has 4 aliphatic rings. The zero-order valence-electron chi connectivity index (χ0n) is 84.2. The van der Waals surface area contributed by atoms with Gasteiger partial charge in [-0.2, -0.15) is 0 Å². The minimum absolute atomic E-state index is 0.0626. The number of likely N-dealkylation sites (N-methyl/N-ethyl adjacent to an activating group) is 3. The van der Waals surface area contributed by atoms with E-state index >= 15 is 0 Å². The molecule has 0 radical (unpaired) electrons. The third-order valence-corrected chi connectivity index (χ3v) is 26.2. The summed E-state index contributed by atoms with van der Waals surface area (Å²) in [7, 11) is 7.37. The van der Waals surface area contributed by atoms with Gasteiger partial charge in [0, 0.05) is 116 Å². The molecule has 0 spiro atoms. The van der Waals surface area contributed by atoms with Gasteiger partial charge >= 0.3 is 11.9 Å². The normalized spacial score (nSPS) is 15.0. The highest BCUT2D eigenvalue weighted by molar-refractivity contribution is 6.05. The molecule has 0 saturated carbocycles. The smallest absolute Gasteiger partial charge is 0.347 e. The maximum Gasteiger partial charge on any atom is 0.347 e. The van der Waals surface area contributed by atoms with Gasteiger partial charge in [-0.3, -0.25) is 81.7 Å². The van der Waals surface area contributed by atoms with Crippen LogP contribution in [-0.2, 0) is 74.5 Å². The van der Waals surface area contributed by atoms with E-state index in [2.05, 4.69) is 97.3 Å². The van der Waals surface area contributed by atoms with Crippen LogP contribution < -0.4 is 56.0 Å². The first-order valence-electron chi connectivity index (χ1n) is 48.1. The van der Waals surface area contributed by atoms with Crippen LogP contribution >= 0.6 is 0 Å². The van der Waals surface area contributed by atoms with Crippen LogP contribution in [-0.4, -0.2) is 201 Å². The SMILES string of the molecule is CC(=O)c1c(OCc2ccccc2)c2ncc(Cc3ccc(F)cc3)c3c2n(c1=O)C[C@@H](CO)O3.CCOC(=O)c1c(O)c2ncc(Cc3ccc(F)cc3)c3c2n(c1=O)C[C@@H](CN(C)C(C)(C)C)O3.CCOC(=O)c1c(OCc2ccccc2)c2ncc(Cc3ccc(F)cc3)c3c2n(c1=O)C[C@@H](CN(C)C(C)(C)C)O3.CNC(=O)c1c(O)c2ncc(Cc3ccc(F)cc3)c3c2n(c1=O)C[C@@H](CN(C)C(C)(C)C)O3. The Balaban J connectivity index is 0.000000147. The molecule has 31 nitrogen and oxygen atoms in total. The van der Waals surface area contributed by atoms with Crippen molar-refractivity contribution >= 4 is 67.8 Å². The molecule has 14 aromatic rings. The van der Waals surface area contributed by atoms with E-state index in [0.29, 0.717) is 118 Å². The Morgan fingerprint density at radius 1 is 0.397 bits per heavy atom. The number of nitrogens with zero attached hydrogens (tertiary/aromatic N) is 11. The number of aromatic hydroxyl groups is 2. The molecule has 8 aromatic heterocycles. The van der Waals surface area contributed by atoms with Crippen LogP contribution in [0.25, 0.3) is 44.1 Å². The molecule has 146 heavy (non-hydrogen) atoms. The van der Waals surface area contributed by atoms with E-state index in [0.717, 1.165) is 38.9 Å². The predicted molar refractivity (Wildman–Crippen MR) is 543 cm³/mol. The number of aliphatic hydroxyl groups is 1. The number of hydrogen-bond acceptors (Lipinski definition) is 26. The molecule has 0 aliphatic carbocycles. The number of aliphatic hydroxyl groups excluding tert-OH is 1. The Morgan fingerprint density at radius 3 is 0.979 bits per heavy atom. The van der Waals surface area contributed by atoms with Gasteiger partial charge in [0.15, 0.2) is 62.9 Å². The van der Waals surface area contributed by atoms with Crippen molar-refractivity contribution in [2.24, 2.45) is 0 Å².